The molecule has 0 fully saturated rings. The maximum Gasteiger partial charge on any atom is 0.201 e. The van der Waals surface area contributed by atoms with Gasteiger partial charge in [0.2, 0.25) is 5.78 Å². The van der Waals surface area contributed by atoms with Gasteiger partial charge in [0.15, 0.2) is 0 Å². The fourth-order valence-electron chi connectivity index (χ4n) is 4.64. The van der Waals surface area contributed by atoms with Crippen molar-refractivity contribution in [1.29, 1.82) is 0 Å². The zero-order valence-electron chi connectivity index (χ0n) is 17.5. The second-order valence-corrected chi connectivity index (χ2v) is 9.58. The lowest BCUT2D eigenvalue weighted by molar-refractivity contribution is -0.113. The van der Waals surface area contributed by atoms with Gasteiger partial charge in [-0.05, 0) is 54.1 Å². The number of para-hydroxylation sites is 1. The van der Waals surface area contributed by atoms with Gasteiger partial charge in [-0.3, -0.25) is 4.79 Å². The predicted octanol–water partition coefficient (Wildman–Crippen LogP) is 6.75. The van der Waals surface area contributed by atoms with Crippen LogP contribution in [0.1, 0.15) is 38.1 Å². The standard InChI is InChI=1S/C26H23NO2S/c1-14(20-13-16-9-5-8-12-19(16)30-20)21-23(28)22(24(21)29)15(2)25-26(3,4)17-10-6-7-11-18(17)27-25/h5-13,27-28H,1-4H3/b21-14+,25-15+. The number of hydrogen-bond acceptors (Lipinski definition) is 4. The molecule has 3 aromatic rings. The highest BCUT2D eigenvalue weighted by atomic mass is 32.1. The SMILES string of the molecule is C/C(C1=C(O)/C(=C(/C)c2cc3ccccc3s2)C1=O)=C1\Nc2ccccc2C1(C)C. The maximum atomic E-state index is 13.2. The molecular weight excluding hydrogens is 390 g/mol. The lowest BCUT2D eigenvalue weighted by Gasteiger charge is -2.28. The zero-order chi connectivity index (χ0) is 21.2. The number of carbonyl (C=O) groups is 1. The fourth-order valence-corrected chi connectivity index (χ4v) is 5.71. The number of allylic oxidation sites excluding steroid dienone is 5. The second kappa shape index (κ2) is 6.44. The molecule has 2 aromatic carbocycles. The molecule has 2 heterocycles. The van der Waals surface area contributed by atoms with E-state index in [1.807, 2.05) is 44.2 Å². The molecule has 150 valence electrons. The molecule has 5 rings (SSSR count). The number of benzene rings is 2. The van der Waals surface area contributed by atoms with Crippen molar-refractivity contribution < 1.29 is 9.90 Å². The lowest BCUT2D eigenvalue weighted by atomic mass is 9.76. The molecule has 0 spiro atoms. The fraction of sp³-hybridized carbons (Fsp3) is 0.192. The van der Waals surface area contributed by atoms with Crippen LogP contribution in [0.2, 0.25) is 0 Å². The van der Waals surface area contributed by atoms with Crippen LogP contribution in [0.3, 0.4) is 0 Å². The van der Waals surface area contributed by atoms with Gasteiger partial charge in [-0.2, -0.15) is 0 Å². The summed E-state index contributed by atoms with van der Waals surface area (Å²) < 4.78 is 1.18. The number of aliphatic hydroxyl groups excluding tert-OH is 1. The molecule has 0 unspecified atom stereocenters. The molecule has 30 heavy (non-hydrogen) atoms. The summed E-state index contributed by atoms with van der Waals surface area (Å²) in [6.45, 7) is 8.13. The summed E-state index contributed by atoms with van der Waals surface area (Å²) in [5, 5.41) is 15.5. The Morgan fingerprint density at radius 1 is 1.00 bits per heavy atom. The average Bonchev–Trinajstić information content (AvgIpc) is 3.27. The van der Waals surface area contributed by atoms with E-state index in [0.29, 0.717) is 11.1 Å². The van der Waals surface area contributed by atoms with Crippen molar-refractivity contribution in [2.75, 3.05) is 5.32 Å². The average molecular weight is 414 g/mol. The molecule has 1 aromatic heterocycles. The predicted molar refractivity (Wildman–Crippen MR) is 125 cm³/mol. The number of nitrogens with one attached hydrogen (secondary N) is 1. The Balaban J connectivity index is 1.59. The number of rotatable bonds is 2. The molecule has 0 saturated carbocycles. The monoisotopic (exact) mass is 413 g/mol. The van der Waals surface area contributed by atoms with Crippen LogP contribution in [0.4, 0.5) is 5.69 Å². The van der Waals surface area contributed by atoms with Crippen molar-refractivity contribution in [3.63, 3.8) is 0 Å². The van der Waals surface area contributed by atoms with E-state index in [9.17, 15) is 9.90 Å². The van der Waals surface area contributed by atoms with Crippen molar-refractivity contribution in [2.45, 2.75) is 33.1 Å². The minimum absolute atomic E-state index is 0.0824. The van der Waals surface area contributed by atoms with E-state index in [2.05, 4.69) is 43.4 Å². The Labute approximate surface area is 180 Å². The van der Waals surface area contributed by atoms with Crippen molar-refractivity contribution in [1.82, 2.24) is 0 Å². The Bertz CT molecular complexity index is 1300. The molecule has 0 bridgehead atoms. The normalized spacial score (nSPS) is 20.7. The van der Waals surface area contributed by atoms with E-state index < -0.39 is 0 Å². The Kier molecular flexibility index (Phi) is 4.06. The first kappa shape index (κ1) is 18.9. The molecule has 1 aliphatic heterocycles. The van der Waals surface area contributed by atoms with Crippen molar-refractivity contribution in [3.8, 4) is 0 Å². The number of thiophene rings is 1. The molecule has 4 heteroatoms. The first-order valence-corrected chi connectivity index (χ1v) is 10.9. The zero-order valence-corrected chi connectivity index (χ0v) is 18.3. The Morgan fingerprint density at radius 3 is 2.40 bits per heavy atom. The molecule has 0 saturated heterocycles. The van der Waals surface area contributed by atoms with Crippen LogP contribution in [-0.2, 0) is 10.2 Å². The highest BCUT2D eigenvalue weighted by Crippen LogP contribution is 2.48. The van der Waals surface area contributed by atoms with Gasteiger partial charge < -0.3 is 10.4 Å². The summed E-state index contributed by atoms with van der Waals surface area (Å²) in [6.07, 6.45) is 0. The molecular formula is C26H23NO2S. The van der Waals surface area contributed by atoms with Gasteiger partial charge in [0.1, 0.15) is 5.76 Å². The first-order chi connectivity index (χ1) is 14.3. The number of ketones is 1. The smallest absolute Gasteiger partial charge is 0.201 e. The minimum Gasteiger partial charge on any atom is -0.506 e. The van der Waals surface area contributed by atoms with Crippen LogP contribution in [0, 0.1) is 0 Å². The second-order valence-electron chi connectivity index (χ2n) is 8.50. The molecule has 0 amide bonds. The number of hydrogen-bond donors (Lipinski definition) is 2. The van der Waals surface area contributed by atoms with Gasteiger partial charge in [0, 0.05) is 26.4 Å². The summed E-state index contributed by atoms with van der Waals surface area (Å²) in [6, 6.07) is 18.4. The van der Waals surface area contributed by atoms with Crippen LogP contribution in [0.15, 0.2) is 82.8 Å². The highest BCUT2D eigenvalue weighted by molar-refractivity contribution is 7.20. The molecule has 2 N–H and O–H groups in total. The van der Waals surface area contributed by atoms with Crippen molar-refractivity contribution in [2.24, 2.45) is 0 Å². The summed E-state index contributed by atoms with van der Waals surface area (Å²) in [4.78, 5) is 14.2. The van der Waals surface area contributed by atoms with Gasteiger partial charge in [-0.25, -0.2) is 0 Å². The quantitative estimate of drug-likeness (QED) is 0.457. The van der Waals surface area contributed by atoms with Crippen LogP contribution in [0.5, 0.6) is 0 Å². The number of aliphatic hydroxyl groups is 1. The number of Topliss-reactive ketones (excluding diaryl/α,β-unsaturated/α-hetero) is 1. The number of anilines is 1. The summed E-state index contributed by atoms with van der Waals surface area (Å²) >= 11 is 1.65. The van der Waals surface area contributed by atoms with E-state index in [1.165, 1.54) is 10.3 Å². The molecule has 0 atom stereocenters. The summed E-state index contributed by atoms with van der Waals surface area (Å²) in [5.74, 6) is 0.0227. The number of carbonyl (C=O) groups excluding carboxylic acids is 1. The maximum absolute atomic E-state index is 13.2. The first-order valence-electron chi connectivity index (χ1n) is 10.1. The minimum atomic E-state index is -0.256. The van der Waals surface area contributed by atoms with E-state index >= 15 is 0 Å². The van der Waals surface area contributed by atoms with Gasteiger partial charge in [0.25, 0.3) is 0 Å². The van der Waals surface area contributed by atoms with Crippen molar-refractivity contribution >= 4 is 38.5 Å². The van der Waals surface area contributed by atoms with Crippen LogP contribution < -0.4 is 5.32 Å². The van der Waals surface area contributed by atoms with Crippen LogP contribution >= 0.6 is 11.3 Å². The molecule has 0 radical (unpaired) electrons. The molecule has 2 aliphatic rings. The van der Waals surface area contributed by atoms with E-state index in [-0.39, 0.29) is 17.0 Å². The summed E-state index contributed by atoms with van der Waals surface area (Å²) in [7, 11) is 0. The van der Waals surface area contributed by atoms with Crippen molar-refractivity contribution in [3.05, 3.63) is 93.2 Å². The van der Waals surface area contributed by atoms with Gasteiger partial charge in [-0.1, -0.05) is 50.2 Å². The molecule has 3 nitrogen and oxygen atoms in total. The Hall–Kier alpha value is -3.11. The topological polar surface area (TPSA) is 49.3 Å². The van der Waals surface area contributed by atoms with Gasteiger partial charge >= 0.3 is 0 Å². The third-order valence-electron chi connectivity index (χ3n) is 6.33. The Morgan fingerprint density at radius 2 is 1.70 bits per heavy atom. The highest BCUT2D eigenvalue weighted by Gasteiger charge is 2.42. The van der Waals surface area contributed by atoms with Gasteiger partial charge in [-0.15, -0.1) is 11.3 Å². The third-order valence-corrected chi connectivity index (χ3v) is 7.57. The van der Waals surface area contributed by atoms with Crippen LogP contribution in [-0.4, -0.2) is 10.9 Å². The third kappa shape index (κ3) is 2.53. The van der Waals surface area contributed by atoms with Gasteiger partial charge in [0.05, 0.1) is 11.1 Å². The van der Waals surface area contributed by atoms with E-state index in [0.717, 1.165) is 32.8 Å². The summed E-state index contributed by atoms with van der Waals surface area (Å²) in [5.41, 5.74) is 5.47. The number of fused-ring (bicyclic) bond motifs is 2. The van der Waals surface area contributed by atoms with E-state index in [1.54, 1.807) is 11.3 Å². The van der Waals surface area contributed by atoms with Crippen LogP contribution in [0.25, 0.3) is 15.7 Å². The van der Waals surface area contributed by atoms with E-state index in [4.69, 9.17) is 0 Å². The largest absolute Gasteiger partial charge is 0.506 e. The molecule has 1 aliphatic carbocycles. The lowest BCUT2D eigenvalue weighted by Crippen LogP contribution is -2.28.